The molecule has 3 N–H and O–H groups in total. The van der Waals surface area contributed by atoms with Crippen molar-refractivity contribution in [3.05, 3.63) is 35.4 Å². The van der Waals surface area contributed by atoms with E-state index in [0.29, 0.717) is 6.54 Å². The lowest BCUT2D eigenvalue weighted by molar-refractivity contribution is -0.137. The van der Waals surface area contributed by atoms with Crippen LogP contribution in [0.5, 0.6) is 0 Å². The number of nitrogens with zero attached hydrogens (tertiary/aromatic N) is 1. The van der Waals surface area contributed by atoms with E-state index in [-0.39, 0.29) is 11.8 Å². The zero-order valence-electron chi connectivity index (χ0n) is 15.7. The first-order valence-corrected chi connectivity index (χ1v) is 8.84. The van der Waals surface area contributed by atoms with Crippen LogP contribution in [0.4, 0.5) is 0 Å². The van der Waals surface area contributed by atoms with Crippen molar-refractivity contribution < 1.29 is 19.5 Å². The zero-order valence-corrected chi connectivity index (χ0v) is 15.7. The van der Waals surface area contributed by atoms with Gasteiger partial charge in [0.1, 0.15) is 18.2 Å². The van der Waals surface area contributed by atoms with Crippen molar-refractivity contribution in [3.63, 3.8) is 0 Å². The molecule has 3 amide bonds. The summed E-state index contributed by atoms with van der Waals surface area (Å²) in [6, 6.07) is 5.86. The van der Waals surface area contributed by atoms with Crippen LogP contribution in [0.15, 0.2) is 24.3 Å². The average molecular weight is 361 g/mol. The van der Waals surface area contributed by atoms with Gasteiger partial charge in [0, 0.05) is 13.6 Å². The molecule has 0 aromatic heterocycles. The lowest BCUT2D eigenvalue weighted by Crippen LogP contribution is -2.51. The number of carbonyl (C=O) groups excluding carboxylic acids is 3. The predicted molar refractivity (Wildman–Crippen MR) is 97.1 cm³/mol. The molecule has 1 aliphatic rings. The smallest absolute Gasteiger partial charge is 0.249 e. The zero-order chi connectivity index (χ0) is 19.4. The van der Waals surface area contributed by atoms with E-state index < -0.39 is 30.0 Å². The number of fused-ring (bicyclic) bond motifs is 1. The maximum Gasteiger partial charge on any atom is 0.249 e. The summed E-state index contributed by atoms with van der Waals surface area (Å²) in [5, 5.41) is 15.0. The fourth-order valence-corrected chi connectivity index (χ4v) is 2.87. The summed E-state index contributed by atoms with van der Waals surface area (Å²) in [6.07, 6.45) is -0.464. The molecule has 1 aromatic carbocycles. The Kier molecular flexibility index (Phi) is 6.37. The van der Waals surface area contributed by atoms with Gasteiger partial charge in [0.05, 0.1) is 0 Å². The lowest BCUT2D eigenvalue weighted by atomic mass is 9.99. The Labute approximate surface area is 153 Å². The number of benzene rings is 1. The van der Waals surface area contributed by atoms with Gasteiger partial charge in [-0.15, -0.1) is 0 Å². The van der Waals surface area contributed by atoms with Crippen molar-refractivity contribution in [2.45, 2.75) is 45.4 Å². The first-order valence-electron chi connectivity index (χ1n) is 8.84. The van der Waals surface area contributed by atoms with E-state index in [1.54, 1.807) is 25.8 Å². The number of aliphatic hydroxyl groups is 1. The number of nitrogens with one attached hydrogen (secondary N) is 2. The molecule has 3 atom stereocenters. The van der Waals surface area contributed by atoms with Crippen LogP contribution in [0.25, 0.3) is 0 Å². The normalized spacial score (nSPS) is 19.4. The quantitative estimate of drug-likeness (QED) is 0.706. The summed E-state index contributed by atoms with van der Waals surface area (Å²) in [5.74, 6) is -1.52. The summed E-state index contributed by atoms with van der Waals surface area (Å²) < 4.78 is 0. The van der Waals surface area contributed by atoms with Crippen LogP contribution >= 0.6 is 0 Å². The van der Waals surface area contributed by atoms with Gasteiger partial charge < -0.3 is 20.6 Å². The highest BCUT2D eigenvalue weighted by Crippen LogP contribution is 2.24. The molecule has 1 aromatic rings. The van der Waals surface area contributed by atoms with Gasteiger partial charge in [-0.3, -0.25) is 14.4 Å². The minimum atomic E-state index is -1.18. The Morgan fingerprint density at radius 3 is 2.50 bits per heavy atom. The summed E-state index contributed by atoms with van der Waals surface area (Å²) in [5.41, 5.74) is 1.79. The number of hydrogen-bond donors (Lipinski definition) is 3. The molecule has 2 rings (SSSR count). The second-order valence-corrected chi connectivity index (χ2v) is 7.07. The molecular formula is C19H27N3O4. The highest BCUT2D eigenvalue weighted by molar-refractivity contribution is 5.93. The highest BCUT2D eigenvalue weighted by atomic mass is 16.3. The molecule has 142 valence electrons. The fourth-order valence-electron chi connectivity index (χ4n) is 2.87. The van der Waals surface area contributed by atoms with Gasteiger partial charge in [-0.05, 0) is 30.4 Å². The second kappa shape index (κ2) is 8.31. The summed E-state index contributed by atoms with van der Waals surface area (Å²) >= 11 is 0. The number of rotatable bonds is 5. The number of likely N-dealkylation sites (N-methyl/N-ethyl adjacent to an activating group) is 1. The average Bonchev–Trinajstić information content (AvgIpc) is 2.73. The molecule has 0 fully saturated rings. The maximum atomic E-state index is 12.7. The Balaban J connectivity index is 2.13. The van der Waals surface area contributed by atoms with Crippen LogP contribution in [0.1, 0.15) is 37.9 Å². The topological polar surface area (TPSA) is 98.7 Å². The van der Waals surface area contributed by atoms with E-state index in [2.05, 4.69) is 10.6 Å². The molecule has 1 heterocycles. The molecule has 0 saturated carbocycles. The largest absolute Gasteiger partial charge is 0.383 e. The van der Waals surface area contributed by atoms with Crippen LogP contribution in [0.2, 0.25) is 0 Å². The molecule has 0 bridgehead atoms. The van der Waals surface area contributed by atoms with E-state index in [1.165, 1.54) is 6.92 Å². The van der Waals surface area contributed by atoms with Gasteiger partial charge in [0.2, 0.25) is 17.7 Å². The third kappa shape index (κ3) is 4.40. The first kappa shape index (κ1) is 19.9. The Bertz CT molecular complexity index is 689. The lowest BCUT2D eigenvalue weighted by Gasteiger charge is -2.24. The number of carbonyl (C=O) groups is 3. The van der Waals surface area contributed by atoms with Crippen LogP contribution in [0.3, 0.4) is 0 Å². The van der Waals surface area contributed by atoms with Crippen molar-refractivity contribution in [3.8, 4) is 0 Å². The monoisotopic (exact) mass is 361 g/mol. The second-order valence-electron chi connectivity index (χ2n) is 7.07. The van der Waals surface area contributed by atoms with Crippen LogP contribution in [-0.4, -0.2) is 53.5 Å². The van der Waals surface area contributed by atoms with Crippen molar-refractivity contribution in [1.82, 2.24) is 15.5 Å². The Morgan fingerprint density at radius 2 is 1.85 bits per heavy atom. The van der Waals surface area contributed by atoms with Gasteiger partial charge in [-0.25, -0.2) is 0 Å². The van der Waals surface area contributed by atoms with Crippen molar-refractivity contribution >= 4 is 17.7 Å². The minimum Gasteiger partial charge on any atom is -0.383 e. The molecule has 0 spiro atoms. The predicted octanol–water partition coefficient (Wildman–Crippen LogP) is 0.380. The summed E-state index contributed by atoms with van der Waals surface area (Å²) in [7, 11) is 1.71. The molecule has 0 aliphatic carbocycles. The SMILES string of the molecule is CC(C)[C@H](O)C(=O)N[C@@H](C)C(=O)NC1C(=O)N(C)CCc2ccccc21. The molecule has 1 aliphatic heterocycles. The van der Waals surface area contributed by atoms with Gasteiger partial charge in [-0.2, -0.15) is 0 Å². The molecule has 0 radical (unpaired) electrons. The van der Waals surface area contributed by atoms with Gasteiger partial charge >= 0.3 is 0 Å². The molecule has 7 nitrogen and oxygen atoms in total. The molecular weight excluding hydrogens is 334 g/mol. The third-order valence-corrected chi connectivity index (χ3v) is 4.64. The van der Waals surface area contributed by atoms with E-state index in [4.69, 9.17) is 0 Å². The van der Waals surface area contributed by atoms with Crippen molar-refractivity contribution in [1.29, 1.82) is 0 Å². The molecule has 1 unspecified atom stereocenters. The summed E-state index contributed by atoms with van der Waals surface area (Å²) in [4.78, 5) is 38.7. The van der Waals surface area contributed by atoms with Gasteiger partial charge in [0.25, 0.3) is 0 Å². The van der Waals surface area contributed by atoms with Gasteiger partial charge in [-0.1, -0.05) is 38.1 Å². The van der Waals surface area contributed by atoms with Crippen LogP contribution in [0, 0.1) is 5.92 Å². The van der Waals surface area contributed by atoms with E-state index in [0.717, 1.165) is 17.5 Å². The van der Waals surface area contributed by atoms with E-state index >= 15 is 0 Å². The fraction of sp³-hybridized carbons (Fsp3) is 0.526. The van der Waals surface area contributed by atoms with Crippen LogP contribution in [-0.2, 0) is 20.8 Å². The molecule has 26 heavy (non-hydrogen) atoms. The molecule has 0 saturated heterocycles. The van der Waals surface area contributed by atoms with Crippen LogP contribution < -0.4 is 10.6 Å². The first-order chi connectivity index (χ1) is 12.2. The minimum absolute atomic E-state index is 0.191. The standard InChI is InChI=1S/C19H27N3O4/c1-11(2)16(23)18(25)20-12(3)17(24)21-15-14-8-6-5-7-13(14)9-10-22(4)19(15)26/h5-8,11-12,15-16,23H,9-10H2,1-4H3,(H,20,25)(H,21,24)/t12-,15?,16-/m0/s1. The molecule has 7 heteroatoms. The van der Waals surface area contributed by atoms with Gasteiger partial charge in [0.15, 0.2) is 0 Å². The van der Waals surface area contributed by atoms with Crippen molar-refractivity contribution in [2.24, 2.45) is 5.92 Å². The van der Waals surface area contributed by atoms with Crippen molar-refractivity contribution in [2.75, 3.05) is 13.6 Å². The number of aliphatic hydroxyl groups excluding tert-OH is 1. The van der Waals surface area contributed by atoms with E-state index in [9.17, 15) is 19.5 Å². The Morgan fingerprint density at radius 1 is 1.19 bits per heavy atom. The number of amides is 3. The third-order valence-electron chi connectivity index (χ3n) is 4.64. The maximum absolute atomic E-state index is 12.7. The highest BCUT2D eigenvalue weighted by Gasteiger charge is 2.32. The Hall–Kier alpha value is -2.41. The summed E-state index contributed by atoms with van der Waals surface area (Å²) in [6.45, 7) is 5.53. The number of hydrogen-bond acceptors (Lipinski definition) is 4. The van der Waals surface area contributed by atoms with E-state index in [1.807, 2.05) is 24.3 Å².